The van der Waals surface area contributed by atoms with E-state index < -0.39 is 0 Å². The van der Waals surface area contributed by atoms with Crippen molar-refractivity contribution in [2.75, 3.05) is 10.6 Å². The summed E-state index contributed by atoms with van der Waals surface area (Å²) in [5.41, 5.74) is 7.99. The van der Waals surface area contributed by atoms with Crippen molar-refractivity contribution in [1.82, 2.24) is 9.97 Å². The number of rotatable bonds is 2. The summed E-state index contributed by atoms with van der Waals surface area (Å²) >= 11 is 0. The van der Waals surface area contributed by atoms with Gasteiger partial charge in [0.1, 0.15) is 11.6 Å². The maximum atomic E-state index is 13.5. The molecule has 5 nitrogen and oxygen atoms in total. The van der Waals surface area contributed by atoms with E-state index in [1.54, 1.807) is 12.1 Å². The molecule has 0 fully saturated rings. The maximum Gasteiger partial charge on any atom is 0.227 e. The van der Waals surface area contributed by atoms with Crippen LogP contribution in [0.1, 0.15) is 23.5 Å². The first-order valence-electron chi connectivity index (χ1n) is 6.72. The number of carbonyl (C=O) groups is 1. The summed E-state index contributed by atoms with van der Waals surface area (Å²) in [7, 11) is 0. The van der Waals surface area contributed by atoms with Crippen molar-refractivity contribution in [1.29, 1.82) is 0 Å². The highest BCUT2D eigenvalue weighted by atomic mass is 19.1. The molecule has 0 saturated heterocycles. The molecule has 0 atom stereocenters. The van der Waals surface area contributed by atoms with Crippen LogP contribution >= 0.6 is 0 Å². The van der Waals surface area contributed by atoms with Crippen molar-refractivity contribution < 1.29 is 9.18 Å². The van der Waals surface area contributed by atoms with E-state index in [4.69, 9.17) is 5.73 Å². The predicted molar refractivity (Wildman–Crippen MR) is 77.1 cm³/mol. The highest BCUT2D eigenvalue weighted by Gasteiger charge is 2.25. The fraction of sp³-hybridized carbons (Fsp3) is 0.267. The molecule has 0 spiro atoms. The Labute approximate surface area is 121 Å². The maximum absolute atomic E-state index is 13.5. The lowest BCUT2D eigenvalue weighted by molar-refractivity contribution is -0.119. The molecule has 0 unspecified atom stereocenters. The highest BCUT2D eigenvalue weighted by Crippen LogP contribution is 2.29. The summed E-state index contributed by atoms with van der Waals surface area (Å²) in [5.74, 6) is 0.397. The van der Waals surface area contributed by atoms with Gasteiger partial charge in [-0.25, -0.2) is 14.4 Å². The van der Waals surface area contributed by atoms with Gasteiger partial charge in [-0.2, -0.15) is 0 Å². The number of amides is 1. The summed E-state index contributed by atoms with van der Waals surface area (Å²) in [4.78, 5) is 22.1. The van der Waals surface area contributed by atoms with Crippen molar-refractivity contribution in [3.8, 4) is 0 Å². The monoisotopic (exact) mass is 286 g/mol. The molecule has 108 valence electrons. The van der Waals surface area contributed by atoms with Crippen molar-refractivity contribution in [3.63, 3.8) is 0 Å². The molecule has 0 saturated carbocycles. The van der Waals surface area contributed by atoms with Crippen LogP contribution in [0, 0.1) is 12.7 Å². The third-order valence-electron chi connectivity index (χ3n) is 3.47. The third kappa shape index (κ3) is 2.69. The number of nitrogens with two attached hydrogens (primary N) is 1. The SMILES string of the molecule is Cc1cc(N)nc(CN2C(=O)CCc3ccc(F)cc32)n1. The van der Waals surface area contributed by atoms with Crippen LogP contribution in [-0.2, 0) is 17.8 Å². The lowest BCUT2D eigenvalue weighted by Crippen LogP contribution is -2.35. The summed E-state index contributed by atoms with van der Waals surface area (Å²) in [5, 5.41) is 0. The molecule has 0 bridgehead atoms. The smallest absolute Gasteiger partial charge is 0.227 e. The first kappa shape index (κ1) is 13.5. The van der Waals surface area contributed by atoms with Gasteiger partial charge in [0.2, 0.25) is 5.91 Å². The minimum atomic E-state index is -0.363. The molecular weight excluding hydrogens is 271 g/mol. The first-order valence-corrected chi connectivity index (χ1v) is 6.72. The number of nitrogens with zero attached hydrogens (tertiary/aromatic N) is 3. The van der Waals surface area contributed by atoms with E-state index in [-0.39, 0.29) is 18.3 Å². The van der Waals surface area contributed by atoms with Crippen molar-refractivity contribution in [2.45, 2.75) is 26.3 Å². The van der Waals surface area contributed by atoms with Gasteiger partial charge in [0.15, 0.2) is 5.82 Å². The van der Waals surface area contributed by atoms with Gasteiger partial charge in [-0.3, -0.25) is 4.79 Å². The Kier molecular flexibility index (Phi) is 3.29. The van der Waals surface area contributed by atoms with Gasteiger partial charge >= 0.3 is 0 Å². The number of benzene rings is 1. The fourth-order valence-corrected chi connectivity index (χ4v) is 2.55. The van der Waals surface area contributed by atoms with E-state index in [1.807, 2.05) is 6.92 Å². The lowest BCUT2D eigenvalue weighted by atomic mass is 10.0. The summed E-state index contributed by atoms with van der Waals surface area (Å²) in [6.07, 6.45) is 1.03. The molecule has 2 N–H and O–H groups in total. The number of aromatic nitrogens is 2. The van der Waals surface area contributed by atoms with Gasteiger partial charge in [-0.1, -0.05) is 6.07 Å². The zero-order valence-electron chi connectivity index (χ0n) is 11.6. The predicted octanol–water partition coefficient (Wildman–Crippen LogP) is 1.99. The summed E-state index contributed by atoms with van der Waals surface area (Å²) in [6.45, 7) is 2.01. The molecule has 2 heterocycles. The second-order valence-electron chi connectivity index (χ2n) is 5.10. The molecule has 21 heavy (non-hydrogen) atoms. The zero-order chi connectivity index (χ0) is 15.0. The van der Waals surface area contributed by atoms with E-state index in [1.165, 1.54) is 17.0 Å². The Balaban J connectivity index is 1.98. The number of halogens is 1. The second kappa shape index (κ2) is 5.12. The molecule has 3 rings (SSSR count). The molecule has 1 aromatic carbocycles. The van der Waals surface area contributed by atoms with Crippen molar-refractivity contribution in [2.24, 2.45) is 0 Å². The Morgan fingerprint density at radius 2 is 2.10 bits per heavy atom. The standard InChI is InChI=1S/C15H15FN4O/c1-9-6-13(17)19-14(18-9)8-20-12-7-11(16)4-2-10(12)3-5-15(20)21/h2,4,6-7H,3,5,8H2,1H3,(H2,17,18,19). The Morgan fingerprint density at radius 1 is 1.29 bits per heavy atom. The molecule has 1 aromatic heterocycles. The number of carbonyl (C=O) groups excluding carboxylic acids is 1. The van der Waals surface area contributed by atoms with Gasteiger partial charge in [0, 0.05) is 18.2 Å². The van der Waals surface area contributed by atoms with Crippen LogP contribution < -0.4 is 10.6 Å². The average Bonchev–Trinajstić information content (AvgIpc) is 2.41. The van der Waals surface area contributed by atoms with Gasteiger partial charge in [-0.05, 0) is 31.0 Å². The molecule has 0 aliphatic carbocycles. The van der Waals surface area contributed by atoms with Gasteiger partial charge in [0.25, 0.3) is 0 Å². The van der Waals surface area contributed by atoms with E-state index in [0.29, 0.717) is 30.2 Å². The van der Waals surface area contributed by atoms with Crippen molar-refractivity contribution >= 4 is 17.4 Å². The minimum absolute atomic E-state index is 0.0585. The quantitative estimate of drug-likeness (QED) is 0.916. The largest absolute Gasteiger partial charge is 0.384 e. The Bertz CT molecular complexity index is 697. The number of fused-ring (bicyclic) bond motifs is 1. The molecule has 1 amide bonds. The Hall–Kier alpha value is -2.50. The number of nitrogen functional groups attached to an aromatic ring is 1. The van der Waals surface area contributed by atoms with Gasteiger partial charge < -0.3 is 10.6 Å². The zero-order valence-corrected chi connectivity index (χ0v) is 11.6. The second-order valence-corrected chi connectivity index (χ2v) is 5.10. The minimum Gasteiger partial charge on any atom is -0.384 e. The highest BCUT2D eigenvalue weighted by molar-refractivity contribution is 5.96. The fourth-order valence-electron chi connectivity index (χ4n) is 2.55. The Morgan fingerprint density at radius 3 is 2.86 bits per heavy atom. The third-order valence-corrected chi connectivity index (χ3v) is 3.47. The van der Waals surface area contributed by atoms with Crippen LogP contribution in [0.25, 0.3) is 0 Å². The number of hydrogen-bond acceptors (Lipinski definition) is 4. The first-order chi connectivity index (χ1) is 10.0. The van der Waals surface area contributed by atoms with Crippen LogP contribution in [0.15, 0.2) is 24.3 Å². The van der Waals surface area contributed by atoms with Crippen LogP contribution in [-0.4, -0.2) is 15.9 Å². The molecule has 6 heteroatoms. The summed E-state index contributed by atoms with van der Waals surface area (Å²) in [6, 6.07) is 6.17. The van der Waals surface area contributed by atoms with Crippen LogP contribution in [0.4, 0.5) is 15.9 Å². The lowest BCUT2D eigenvalue weighted by Gasteiger charge is -2.29. The molecule has 1 aliphatic heterocycles. The topological polar surface area (TPSA) is 72.1 Å². The van der Waals surface area contributed by atoms with Crippen molar-refractivity contribution in [3.05, 3.63) is 47.2 Å². The van der Waals surface area contributed by atoms with E-state index in [2.05, 4.69) is 9.97 Å². The number of aryl methyl sites for hydroxylation is 2. The van der Waals surface area contributed by atoms with Crippen LogP contribution in [0.2, 0.25) is 0 Å². The molecule has 2 aromatic rings. The number of anilines is 2. The number of hydrogen-bond donors (Lipinski definition) is 1. The van der Waals surface area contributed by atoms with Gasteiger partial charge in [-0.15, -0.1) is 0 Å². The van der Waals surface area contributed by atoms with E-state index in [9.17, 15) is 9.18 Å². The van der Waals surface area contributed by atoms with E-state index >= 15 is 0 Å². The molecule has 1 aliphatic rings. The van der Waals surface area contributed by atoms with E-state index in [0.717, 1.165) is 11.3 Å². The van der Waals surface area contributed by atoms with Crippen LogP contribution in [0.3, 0.4) is 0 Å². The molecule has 0 radical (unpaired) electrons. The average molecular weight is 286 g/mol. The normalized spacial score (nSPS) is 14.2. The summed E-state index contributed by atoms with van der Waals surface area (Å²) < 4.78 is 13.5. The molecular formula is C15H15FN4O. The van der Waals surface area contributed by atoms with Crippen LogP contribution in [0.5, 0.6) is 0 Å². The van der Waals surface area contributed by atoms with Gasteiger partial charge in [0.05, 0.1) is 12.2 Å².